The molecule has 1 rings (SSSR count). The summed E-state index contributed by atoms with van der Waals surface area (Å²) >= 11 is 0. The zero-order chi connectivity index (χ0) is 13.6. The maximum atomic E-state index is 11.3. The molecule has 1 unspecified atom stereocenters. The second-order valence-electron chi connectivity index (χ2n) is 4.46. The number of aromatic nitrogens is 2. The van der Waals surface area contributed by atoms with Gasteiger partial charge < -0.3 is 16.4 Å². The van der Waals surface area contributed by atoms with Crippen molar-refractivity contribution in [1.82, 2.24) is 15.5 Å². The molecule has 1 aromatic rings. The van der Waals surface area contributed by atoms with Crippen molar-refractivity contribution in [2.75, 3.05) is 18.9 Å². The molecule has 6 nitrogen and oxygen atoms in total. The molecule has 0 bridgehead atoms. The first-order valence-corrected chi connectivity index (χ1v) is 6.08. The van der Waals surface area contributed by atoms with Gasteiger partial charge in [0.1, 0.15) is 5.82 Å². The van der Waals surface area contributed by atoms with Crippen molar-refractivity contribution in [3.63, 3.8) is 0 Å². The van der Waals surface area contributed by atoms with E-state index in [9.17, 15) is 4.79 Å². The number of hydrogen-bond acceptors (Lipinski definition) is 5. The van der Waals surface area contributed by atoms with Gasteiger partial charge >= 0.3 is 0 Å². The summed E-state index contributed by atoms with van der Waals surface area (Å²) in [6, 6.07) is 3.40. The van der Waals surface area contributed by atoms with Gasteiger partial charge in [0.15, 0.2) is 5.69 Å². The summed E-state index contributed by atoms with van der Waals surface area (Å²) in [6.45, 7) is 4.80. The molecule has 18 heavy (non-hydrogen) atoms. The highest BCUT2D eigenvalue weighted by Gasteiger charge is 2.21. The Hall–Kier alpha value is -1.69. The fourth-order valence-corrected chi connectivity index (χ4v) is 1.60. The van der Waals surface area contributed by atoms with Gasteiger partial charge in [-0.15, -0.1) is 10.2 Å². The zero-order valence-corrected chi connectivity index (χ0v) is 11.2. The van der Waals surface area contributed by atoms with Crippen molar-refractivity contribution in [3.05, 3.63) is 17.8 Å². The van der Waals surface area contributed by atoms with Crippen LogP contribution in [0.15, 0.2) is 12.1 Å². The summed E-state index contributed by atoms with van der Waals surface area (Å²) in [4.78, 5) is 11.3. The van der Waals surface area contributed by atoms with Crippen LogP contribution in [0.3, 0.4) is 0 Å². The monoisotopic (exact) mass is 251 g/mol. The highest BCUT2D eigenvalue weighted by atomic mass is 16.1. The predicted octanol–water partition coefficient (Wildman–Crippen LogP) is 0.766. The molecule has 0 radical (unpaired) electrons. The van der Waals surface area contributed by atoms with Crippen molar-refractivity contribution in [1.29, 1.82) is 0 Å². The van der Waals surface area contributed by atoms with Crippen molar-refractivity contribution < 1.29 is 4.79 Å². The molecular formula is C12H21N5O. The third-order valence-corrected chi connectivity index (χ3v) is 3.03. The lowest BCUT2D eigenvalue weighted by atomic mass is 9.94. The van der Waals surface area contributed by atoms with Crippen LogP contribution in [-0.2, 0) is 0 Å². The van der Waals surface area contributed by atoms with E-state index in [1.165, 1.54) is 0 Å². The number of anilines is 1. The molecule has 1 amide bonds. The first kappa shape index (κ1) is 14.4. The lowest BCUT2D eigenvalue weighted by molar-refractivity contribution is 0.0957. The third kappa shape index (κ3) is 3.66. The fraction of sp³-hybridized carbons (Fsp3) is 0.583. The second kappa shape index (κ2) is 6.30. The Kier molecular flexibility index (Phi) is 5.03. The first-order chi connectivity index (χ1) is 8.54. The Morgan fingerprint density at radius 1 is 1.44 bits per heavy atom. The van der Waals surface area contributed by atoms with Crippen molar-refractivity contribution in [2.45, 2.75) is 32.2 Å². The van der Waals surface area contributed by atoms with E-state index in [1.807, 2.05) is 0 Å². The standard InChI is InChI=1S/C12H21N5O/c1-4-12(2,7-8-13)15-10-6-5-9(16-17-10)11(18)14-3/h5-6H,4,7-8,13H2,1-3H3,(H,14,18)(H,15,17). The summed E-state index contributed by atoms with van der Waals surface area (Å²) in [6.07, 6.45) is 1.78. The van der Waals surface area contributed by atoms with Gasteiger partial charge in [0.05, 0.1) is 0 Å². The molecule has 1 heterocycles. The molecule has 0 aromatic carbocycles. The number of amides is 1. The normalized spacial score (nSPS) is 13.8. The largest absolute Gasteiger partial charge is 0.363 e. The molecule has 6 heteroatoms. The Bertz CT molecular complexity index is 392. The van der Waals surface area contributed by atoms with E-state index in [4.69, 9.17) is 5.73 Å². The van der Waals surface area contributed by atoms with Gasteiger partial charge in [-0.1, -0.05) is 6.92 Å². The fourth-order valence-electron chi connectivity index (χ4n) is 1.60. The molecule has 1 atom stereocenters. The van der Waals surface area contributed by atoms with Gasteiger partial charge in [0, 0.05) is 12.6 Å². The molecule has 0 fully saturated rings. The molecule has 0 aliphatic carbocycles. The van der Waals surface area contributed by atoms with Crippen LogP contribution in [0.4, 0.5) is 5.82 Å². The summed E-state index contributed by atoms with van der Waals surface area (Å²) < 4.78 is 0. The number of rotatable bonds is 6. The van der Waals surface area contributed by atoms with Crippen LogP contribution in [0.5, 0.6) is 0 Å². The molecule has 100 valence electrons. The van der Waals surface area contributed by atoms with Crippen LogP contribution < -0.4 is 16.4 Å². The second-order valence-corrected chi connectivity index (χ2v) is 4.46. The van der Waals surface area contributed by atoms with E-state index in [0.717, 1.165) is 12.8 Å². The Morgan fingerprint density at radius 2 is 2.17 bits per heavy atom. The molecule has 0 saturated heterocycles. The van der Waals surface area contributed by atoms with Gasteiger partial charge in [-0.2, -0.15) is 0 Å². The Balaban J connectivity index is 2.76. The summed E-state index contributed by atoms with van der Waals surface area (Å²) in [5.74, 6) is 0.412. The summed E-state index contributed by atoms with van der Waals surface area (Å²) in [7, 11) is 1.56. The van der Waals surface area contributed by atoms with E-state index in [1.54, 1.807) is 19.2 Å². The minimum Gasteiger partial charge on any atom is -0.363 e. The number of hydrogen-bond donors (Lipinski definition) is 3. The number of nitrogens with zero attached hydrogens (tertiary/aromatic N) is 2. The van der Waals surface area contributed by atoms with Gasteiger partial charge in [-0.3, -0.25) is 4.79 Å². The van der Waals surface area contributed by atoms with Crippen LogP contribution in [-0.4, -0.2) is 35.2 Å². The number of nitrogens with one attached hydrogen (secondary N) is 2. The number of carbonyl (C=O) groups is 1. The highest BCUT2D eigenvalue weighted by Crippen LogP contribution is 2.19. The summed E-state index contributed by atoms with van der Waals surface area (Å²) in [5, 5.41) is 13.7. The van der Waals surface area contributed by atoms with E-state index in [0.29, 0.717) is 18.1 Å². The van der Waals surface area contributed by atoms with E-state index >= 15 is 0 Å². The predicted molar refractivity (Wildman–Crippen MR) is 71.4 cm³/mol. The smallest absolute Gasteiger partial charge is 0.271 e. The van der Waals surface area contributed by atoms with Crippen molar-refractivity contribution >= 4 is 11.7 Å². The van der Waals surface area contributed by atoms with Gasteiger partial charge in [0.25, 0.3) is 5.91 Å². The maximum Gasteiger partial charge on any atom is 0.271 e. The summed E-state index contributed by atoms with van der Waals surface area (Å²) in [5.41, 5.74) is 5.80. The van der Waals surface area contributed by atoms with Crippen LogP contribution >= 0.6 is 0 Å². The minimum atomic E-state index is -0.241. The van der Waals surface area contributed by atoms with Gasteiger partial charge in [0.2, 0.25) is 0 Å². The van der Waals surface area contributed by atoms with Gasteiger partial charge in [-0.05, 0) is 38.4 Å². The van der Waals surface area contributed by atoms with Crippen LogP contribution in [0, 0.1) is 0 Å². The lowest BCUT2D eigenvalue weighted by Crippen LogP contribution is -2.36. The zero-order valence-electron chi connectivity index (χ0n) is 11.2. The number of carbonyl (C=O) groups excluding carboxylic acids is 1. The number of nitrogens with two attached hydrogens (primary N) is 1. The average molecular weight is 251 g/mol. The topological polar surface area (TPSA) is 92.9 Å². The van der Waals surface area contributed by atoms with E-state index in [2.05, 4.69) is 34.7 Å². The SMILES string of the molecule is CCC(C)(CCN)Nc1ccc(C(=O)NC)nn1. The Morgan fingerprint density at radius 3 is 2.61 bits per heavy atom. The maximum absolute atomic E-state index is 11.3. The minimum absolute atomic E-state index is 0.0992. The molecule has 0 spiro atoms. The van der Waals surface area contributed by atoms with Crippen LogP contribution in [0.25, 0.3) is 0 Å². The van der Waals surface area contributed by atoms with Crippen molar-refractivity contribution in [2.24, 2.45) is 5.73 Å². The van der Waals surface area contributed by atoms with Crippen molar-refractivity contribution in [3.8, 4) is 0 Å². The molecule has 1 aromatic heterocycles. The Labute approximate surface area is 107 Å². The lowest BCUT2D eigenvalue weighted by Gasteiger charge is -2.29. The van der Waals surface area contributed by atoms with E-state index < -0.39 is 0 Å². The molecular weight excluding hydrogens is 230 g/mol. The quantitative estimate of drug-likeness (QED) is 0.694. The molecule has 0 aliphatic rings. The van der Waals surface area contributed by atoms with Crippen LogP contribution in [0.1, 0.15) is 37.2 Å². The average Bonchev–Trinajstić information content (AvgIpc) is 2.39. The molecule has 0 saturated carbocycles. The molecule has 0 aliphatic heterocycles. The van der Waals surface area contributed by atoms with E-state index in [-0.39, 0.29) is 11.4 Å². The van der Waals surface area contributed by atoms with Gasteiger partial charge in [-0.25, -0.2) is 0 Å². The molecule has 4 N–H and O–H groups in total. The third-order valence-electron chi connectivity index (χ3n) is 3.03. The van der Waals surface area contributed by atoms with Crippen LogP contribution in [0.2, 0.25) is 0 Å². The first-order valence-electron chi connectivity index (χ1n) is 6.08. The highest BCUT2D eigenvalue weighted by molar-refractivity contribution is 5.91.